The Hall–Kier alpha value is -1.62. The highest BCUT2D eigenvalue weighted by Gasteiger charge is 2.15. The Morgan fingerprint density at radius 3 is 3.06 bits per heavy atom. The minimum absolute atomic E-state index is 0.356. The molecule has 1 N–H and O–H groups in total. The first-order valence-electron chi connectivity index (χ1n) is 4.80. The van der Waals surface area contributed by atoms with Crippen molar-refractivity contribution in [1.29, 1.82) is 0 Å². The zero-order chi connectivity index (χ0) is 11.7. The first kappa shape index (κ1) is 10.9. The molecule has 84 valence electrons. The number of hydrogen-bond acceptors (Lipinski definition) is 3. The van der Waals surface area contributed by atoms with Gasteiger partial charge >= 0.3 is 5.97 Å². The lowest BCUT2D eigenvalue weighted by Gasteiger charge is -2.04. The minimum Gasteiger partial charge on any atom is -0.481 e. The van der Waals surface area contributed by atoms with E-state index in [0.29, 0.717) is 17.2 Å². The molecular formula is C10H10ClN3O2. The van der Waals surface area contributed by atoms with Crippen LogP contribution in [-0.4, -0.2) is 25.7 Å². The molecule has 0 spiro atoms. The van der Waals surface area contributed by atoms with Crippen molar-refractivity contribution in [2.45, 2.75) is 13.3 Å². The van der Waals surface area contributed by atoms with Crippen LogP contribution in [0.25, 0.3) is 5.65 Å². The highest BCUT2D eigenvalue weighted by Crippen LogP contribution is 2.12. The molecule has 0 aliphatic rings. The molecular weight excluding hydrogens is 230 g/mol. The summed E-state index contributed by atoms with van der Waals surface area (Å²) in [6.07, 6.45) is 2.00. The standard InChI is InChI=1S/C10H10ClN3O2/c1-6(10(15)16)4-7-5-12-9-3-2-8(11)13-14(7)9/h2-3,5-6H,4H2,1H3,(H,15,16). The van der Waals surface area contributed by atoms with Gasteiger partial charge in [0.05, 0.1) is 17.8 Å². The minimum atomic E-state index is -0.836. The zero-order valence-corrected chi connectivity index (χ0v) is 9.35. The van der Waals surface area contributed by atoms with Crippen molar-refractivity contribution in [2.24, 2.45) is 5.92 Å². The number of aromatic nitrogens is 3. The van der Waals surface area contributed by atoms with E-state index in [1.165, 1.54) is 0 Å². The number of rotatable bonds is 3. The number of imidazole rings is 1. The lowest BCUT2D eigenvalue weighted by molar-refractivity contribution is -0.141. The molecule has 0 bridgehead atoms. The van der Waals surface area contributed by atoms with E-state index < -0.39 is 11.9 Å². The van der Waals surface area contributed by atoms with Gasteiger partial charge in [0, 0.05) is 6.42 Å². The van der Waals surface area contributed by atoms with E-state index in [1.807, 2.05) is 0 Å². The van der Waals surface area contributed by atoms with E-state index in [-0.39, 0.29) is 0 Å². The molecule has 0 radical (unpaired) electrons. The quantitative estimate of drug-likeness (QED) is 0.884. The second-order valence-electron chi connectivity index (χ2n) is 3.62. The highest BCUT2D eigenvalue weighted by molar-refractivity contribution is 6.29. The molecule has 6 heteroatoms. The molecule has 0 saturated heterocycles. The molecule has 0 saturated carbocycles. The zero-order valence-electron chi connectivity index (χ0n) is 8.59. The number of carbonyl (C=O) groups is 1. The average Bonchev–Trinajstić information content (AvgIpc) is 2.61. The van der Waals surface area contributed by atoms with Gasteiger partial charge in [0.15, 0.2) is 5.65 Å². The third-order valence-corrected chi connectivity index (χ3v) is 2.54. The fourth-order valence-electron chi connectivity index (χ4n) is 1.44. The van der Waals surface area contributed by atoms with Crippen LogP contribution in [0.5, 0.6) is 0 Å². The monoisotopic (exact) mass is 239 g/mol. The Balaban J connectivity index is 2.37. The molecule has 0 aliphatic carbocycles. The first-order valence-corrected chi connectivity index (χ1v) is 5.17. The van der Waals surface area contributed by atoms with E-state index in [4.69, 9.17) is 16.7 Å². The summed E-state index contributed by atoms with van der Waals surface area (Å²) in [6, 6.07) is 3.39. The Bertz CT molecular complexity index is 538. The van der Waals surface area contributed by atoms with E-state index in [9.17, 15) is 4.79 Å². The topological polar surface area (TPSA) is 67.5 Å². The maximum absolute atomic E-state index is 10.8. The van der Waals surface area contributed by atoms with E-state index in [1.54, 1.807) is 29.8 Å². The van der Waals surface area contributed by atoms with E-state index in [0.717, 1.165) is 5.69 Å². The molecule has 2 rings (SSSR count). The summed E-state index contributed by atoms with van der Waals surface area (Å²) in [5, 5.41) is 13.3. The van der Waals surface area contributed by atoms with Crippen LogP contribution in [0, 0.1) is 5.92 Å². The molecule has 16 heavy (non-hydrogen) atoms. The van der Waals surface area contributed by atoms with Gasteiger partial charge in [-0.2, -0.15) is 5.10 Å². The van der Waals surface area contributed by atoms with Crippen molar-refractivity contribution in [1.82, 2.24) is 14.6 Å². The van der Waals surface area contributed by atoms with Crippen molar-refractivity contribution in [3.8, 4) is 0 Å². The Kier molecular flexibility index (Phi) is 2.78. The number of carboxylic acid groups (broad SMARTS) is 1. The van der Waals surface area contributed by atoms with Crippen LogP contribution < -0.4 is 0 Å². The van der Waals surface area contributed by atoms with Crippen molar-refractivity contribution in [2.75, 3.05) is 0 Å². The molecule has 5 nitrogen and oxygen atoms in total. The number of nitrogens with zero attached hydrogens (tertiary/aromatic N) is 3. The number of aliphatic carboxylic acids is 1. The van der Waals surface area contributed by atoms with Gasteiger partial charge in [-0.3, -0.25) is 4.79 Å². The summed E-state index contributed by atoms with van der Waals surface area (Å²) >= 11 is 5.77. The molecule has 0 fully saturated rings. The van der Waals surface area contributed by atoms with Crippen LogP contribution in [0.2, 0.25) is 5.15 Å². The van der Waals surface area contributed by atoms with Gasteiger partial charge in [-0.1, -0.05) is 18.5 Å². The van der Waals surface area contributed by atoms with E-state index >= 15 is 0 Å². The Morgan fingerprint density at radius 1 is 1.62 bits per heavy atom. The normalized spacial score (nSPS) is 12.9. The average molecular weight is 240 g/mol. The summed E-state index contributed by atoms with van der Waals surface area (Å²) in [5.74, 6) is -1.31. The molecule has 1 atom stereocenters. The second-order valence-corrected chi connectivity index (χ2v) is 4.01. The maximum Gasteiger partial charge on any atom is 0.306 e. The predicted octanol–water partition coefficient (Wildman–Crippen LogP) is 1.65. The van der Waals surface area contributed by atoms with Gasteiger partial charge in [-0.15, -0.1) is 0 Å². The van der Waals surface area contributed by atoms with Crippen molar-refractivity contribution in [3.63, 3.8) is 0 Å². The summed E-state index contributed by atoms with van der Waals surface area (Å²) in [5.41, 5.74) is 1.41. The SMILES string of the molecule is CC(Cc1cnc2ccc(Cl)nn12)C(=O)O. The Morgan fingerprint density at radius 2 is 2.38 bits per heavy atom. The number of carboxylic acids is 1. The number of fused-ring (bicyclic) bond motifs is 1. The van der Waals surface area contributed by atoms with Crippen molar-refractivity contribution in [3.05, 3.63) is 29.2 Å². The third-order valence-electron chi connectivity index (χ3n) is 2.34. The second kappa shape index (κ2) is 4.09. The first-order chi connectivity index (χ1) is 7.58. The Labute approximate surface area is 96.7 Å². The highest BCUT2D eigenvalue weighted by atomic mass is 35.5. The van der Waals surface area contributed by atoms with Gasteiger partial charge in [0.2, 0.25) is 0 Å². The summed E-state index contributed by atoms with van der Waals surface area (Å²) < 4.78 is 1.57. The summed E-state index contributed by atoms with van der Waals surface area (Å²) in [6.45, 7) is 1.65. The van der Waals surface area contributed by atoms with Gasteiger partial charge < -0.3 is 5.11 Å². The van der Waals surface area contributed by atoms with Gasteiger partial charge in [0.1, 0.15) is 5.15 Å². The van der Waals surface area contributed by atoms with Crippen LogP contribution in [0.1, 0.15) is 12.6 Å². The van der Waals surface area contributed by atoms with Crippen LogP contribution in [0.3, 0.4) is 0 Å². The fraction of sp³-hybridized carbons (Fsp3) is 0.300. The van der Waals surface area contributed by atoms with Crippen LogP contribution in [-0.2, 0) is 11.2 Å². The smallest absolute Gasteiger partial charge is 0.306 e. The summed E-state index contributed by atoms with van der Waals surface area (Å²) in [4.78, 5) is 14.9. The molecule has 0 aliphatic heterocycles. The third kappa shape index (κ3) is 1.99. The lowest BCUT2D eigenvalue weighted by Crippen LogP contribution is -2.13. The fourth-order valence-corrected chi connectivity index (χ4v) is 1.58. The van der Waals surface area contributed by atoms with Gasteiger partial charge in [-0.25, -0.2) is 9.50 Å². The van der Waals surface area contributed by atoms with Gasteiger partial charge in [0.25, 0.3) is 0 Å². The summed E-state index contributed by atoms with van der Waals surface area (Å²) in [7, 11) is 0. The maximum atomic E-state index is 10.8. The number of hydrogen-bond donors (Lipinski definition) is 1. The molecule has 2 aromatic heterocycles. The van der Waals surface area contributed by atoms with Crippen molar-refractivity contribution < 1.29 is 9.90 Å². The molecule has 0 aromatic carbocycles. The lowest BCUT2D eigenvalue weighted by atomic mass is 10.1. The largest absolute Gasteiger partial charge is 0.481 e. The van der Waals surface area contributed by atoms with Crippen LogP contribution in [0.15, 0.2) is 18.3 Å². The van der Waals surface area contributed by atoms with Crippen molar-refractivity contribution >= 4 is 23.2 Å². The van der Waals surface area contributed by atoms with Crippen LogP contribution >= 0.6 is 11.6 Å². The van der Waals surface area contributed by atoms with E-state index in [2.05, 4.69) is 10.1 Å². The van der Waals surface area contributed by atoms with Gasteiger partial charge in [-0.05, 0) is 12.1 Å². The molecule has 1 unspecified atom stereocenters. The molecule has 0 amide bonds. The molecule has 2 heterocycles. The molecule has 2 aromatic rings. The predicted molar refractivity (Wildman–Crippen MR) is 58.5 cm³/mol. The number of halogens is 1. The van der Waals surface area contributed by atoms with Crippen LogP contribution in [0.4, 0.5) is 0 Å².